The molecule has 5 rings (SSSR count). The fourth-order valence-electron chi connectivity index (χ4n) is 5.96. The molecule has 1 saturated heterocycles. The third-order valence-corrected chi connectivity index (χ3v) is 8.01. The van der Waals surface area contributed by atoms with Crippen LogP contribution in [-0.2, 0) is 23.4 Å². The van der Waals surface area contributed by atoms with Crippen molar-refractivity contribution in [1.82, 2.24) is 4.90 Å². The van der Waals surface area contributed by atoms with Crippen LogP contribution in [0.25, 0.3) is 0 Å². The Morgan fingerprint density at radius 2 is 1.68 bits per heavy atom. The number of aldehydes is 1. The summed E-state index contributed by atoms with van der Waals surface area (Å²) in [7, 11) is 2.23. The molecule has 0 saturated carbocycles. The first-order valence-corrected chi connectivity index (χ1v) is 13.3. The average Bonchev–Trinajstić information content (AvgIpc) is 3.21. The molecule has 0 unspecified atom stereocenters. The Labute approximate surface area is 221 Å². The van der Waals surface area contributed by atoms with Gasteiger partial charge in [-0.3, -0.25) is 4.90 Å². The van der Waals surface area contributed by atoms with Gasteiger partial charge in [-0.15, -0.1) is 5.92 Å². The minimum atomic E-state index is -0.0511. The van der Waals surface area contributed by atoms with Crippen LogP contribution in [-0.4, -0.2) is 37.9 Å². The topological polar surface area (TPSA) is 32.8 Å². The molecular weight excluding hydrogens is 456 g/mol. The lowest BCUT2D eigenvalue weighted by molar-refractivity contribution is -0.107. The summed E-state index contributed by atoms with van der Waals surface area (Å²) < 4.78 is 6.01. The zero-order valence-corrected chi connectivity index (χ0v) is 22.0. The average molecular weight is 493 g/mol. The lowest BCUT2D eigenvalue weighted by atomic mass is 9.74. The molecule has 2 aliphatic heterocycles. The predicted octanol–water partition coefficient (Wildman–Crippen LogP) is 5.95. The number of para-hydroxylation sites is 1. The summed E-state index contributed by atoms with van der Waals surface area (Å²) in [5.74, 6) is 6.79. The van der Waals surface area contributed by atoms with Crippen molar-refractivity contribution >= 4 is 12.0 Å². The number of anilines is 1. The molecule has 0 amide bonds. The molecule has 0 aromatic heterocycles. The SMILES string of the molecule is CC#C[C@@H](CC=O)c1ccc(OCc2ccc(CN3CCC4(CC3)CN(C)c3ccccc34)cc2)cc1. The van der Waals surface area contributed by atoms with Crippen molar-refractivity contribution in [3.05, 3.63) is 95.1 Å². The van der Waals surface area contributed by atoms with Crippen LogP contribution < -0.4 is 9.64 Å². The van der Waals surface area contributed by atoms with E-state index < -0.39 is 0 Å². The van der Waals surface area contributed by atoms with Gasteiger partial charge in [0.25, 0.3) is 0 Å². The van der Waals surface area contributed by atoms with Crippen molar-refractivity contribution in [2.75, 3.05) is 31.6 Å². The zero-order valence-electron chi connectivity index (χ0n) is 22.0. The zero-order chi connectivity index (χ0) is 25.7. The monoisotopic (exact) mass is 492 g/mol. The molecule has 0 aliphatic carbocycles. The van der Waals surface area contributed by atoms with E-state index in [1.165, 1.54) is 24.1 Å². The standard InChI is InChI=1S/C33H36N2O2/c1-3-6-28(17-22-36)29-13-15-30(16-14-29)37-24-27-11-9-26(10-12-27)23-35-20-18-33(19-21-35)25-34(2)32-8-5-4-7-31(32)33/h4-5,7-16,22,28H,17-21,23-25H2,1-2H3/t28-/m0/s1. The molecule has 1 atom stereocenters. The van der Waals surface area contributed by atoms with Gasteiger partial charge in [-0.2, -0.15) is 0 Å². The first-order chi connectivity index (χ1) is 18.1. The number of fused-ring (bicyclic) bond motifs is 2. The Kier molecular flexibility index (Phi) is 7.63. The number of carbonyl (C=O) groups excluding carboxylic acids is 1. The van der Waals surface area contributed by atoms with Crippen LogP contribution in [0.3, 0.4) is 0 Å². The quantitative estimate of drug-likeness (QED) is 0.288. The molecule has 190 valence electrons. The summed E-state index contributed by atoms with van der Waals surface area (Å²) in [6.07, 6.45) is 3.79. The van der Waals surface area contributed by atoms with Gasteiger partial charge in [0.15, 0.2) is 0 Å². The molecule has 3 aromatic carbocycles. The van der Waals surface area contributed by atoms with Gasteiger partial charge in [-0.1, -0.05) is 60.5 Å². The summed E-state index contributed by atoms with van der Waals surface area (Å²) >= 11 is 0. The van der Waals surface area contributed by atoms with E-state index >= 15 is 0 Å². The summed E-state index contributed by atoms with van der Waals surface area (Å²) in [6, 6.07) is 25.7. The van der Waals surface area contributed by atoms with Crippen LogP contribution in [0.15, 0.2) is 72.8 Å². The first-order valence-electron chi connectivity index (χ1n) is 13.3. The molecule has 4 heteroatoms. The number of benzene rings is 3. The van der Waals surface area contributed by atoms with Crippen molar-refractivity contribution in [2.45, 2.75) is 50.7 Å². The maximum Gasteiger partial charge on any atom is 0.121 e. The predicted molar refractivity (Wildman–Crippen MR) is 150 cm³/mol. The molecule has 37 heavy (non-hydrogen) atoms. The van der Waals surface area contributed by atoms with Crippen LogP contribution in [0.2, 0.25) is 0 Å². The van der Waals surface area contributed by atoms with Gasteiger partial charge >= 0.3 is 0 Å². The number of piperidine rings is 1. The van der Waals surface area contributed by atoms with Gasteiger partial charge in [0.1, 0.15) is 18.6 Å². The summed E-state index contributed by atoms with van der Waals surface area (Å²) in [4.78, 5) is 16.0. The Balaban J connectivity index is 1.12. The van der Waals surface area contributed by atoms with Crippen molar-refractivity contribution in [3.63, 3.8) is 0 Å². The van der Waals surface area contributed by atoms with E-state index in [9.17, 15) is 4.79 Å². The fraction of sp³-hybridized carbons (Fsp3) is 0.364. The second-order valence-electron chi connectivity index (χ2n) is 10.5. The van der Waals surface area contributed by atoms with Gasteiger partial charge in [0.2, 0.25) is 0 Å². The summed E-state index contributed by atoms with van der Waals surface area (Å²) in [5, 5.41) is 0. The normalized spacial score (nSPS) is 17.1. The van der Waals surface area contributed by atoms with E-state index in [4.69, 9.17) is 4.74 Å². The number of rotatable bonds is 8. The van der Waals surface area contributed by atoms with Gasteiger partial charge in [0, 0.05) is 37.7 Å². The van der Waals surface area contributed by atoms with Crippen LogP contribution in [0.1, 0.15) is 54.4 Å². The van der Waals surface area contributed by atoms with Crippen molar-refractivity contribution in [3.8, 4) is 17.6 Å². The minimum absolute atomic E-state index is 0.0511. The molecule has 2 aliphatic rings. The number of ether oxygens (including phenoxy) is 1. The Hall–Kier alpha value is -3.55. The van der Waals surface area contributed by atoms with E-state index in [1.807, 2.05) is 24.3 Å². The maximum atomic E-state index is 10.9. The molecule has 2 heterocycles. The van der Waals surface area contributed by atoms with E-state index in [-0.39, 0.29) is 5.92 Å². The highest BCUT2D eigenvalue weighted by Crippen LogP contribution is 2.46. The molecule has 1 spiro atoms. The Morgan fingerprint density at radius 3 is 2.38 bits per heavy atom. The molecule has 4 nitrogen and oxygen atoms in total. The van der Waals surface area contributed by atoms with Crippen molar-refractivity contribution in [2.24, 2.45) is 0 Å². The number of likely N-dealkylation sites (N-methyl/N-ethyl adjacent to an activating group) is 1. The third-order valence-electron chi connectivity index (χ3n) is 8.01. The van der Waals surface area contributed by atoms with Gasteiger partial charge in [-0.05, 0) is 73.3 Å². The molecule has 0 radical (unpaired) electrons. The van der Waals surface area contributed by atoms with Crippen molar-refractivity contribution in [1.29, 1.82) is 0 Å². The third kappa shape index (κ3) is 5.58. The number of likely N-dealkylation sites (tertiary alicyclic amines) is 1. The van der Waals surface area contributed by atoms with Gasteiger partial charge < -0.3 is 14.4 Å². The van der Waals surface area contributed by atoms with Crippen LogP contribution in [0.5, 0.6) is 5.75 Å². The highest BCUT2D eigenvalue weighted by atomic mass is 16.5. The number of hydrogen-bond donors (Lipinski definition) is 0. The van der Waals surface area contributed by atoms with Gasteiger partial charge in [-0.25, -0.2) is 0 Å². The second kappa shape index (κ2) is 11.2. The lowest BCUT2D eigenvalue weighted by Gasteiger charge is -2.40. The number of nitrogens with zero attached hydrogens (tertiary/aromatic N) is 2. The van der Waals surface area contributed by atoms with E-state index in [1.54, 1.807) is 12.5 Å². The lowest BCUT2D eigenvalue weighted by Crippen LogP contribution is -2.44. The maximum absolute atomic E-state index is 10.9. The highest BCUT2D eigenvalue weighted by molar-refractivity contribution is 5.62. The Bertz CT molecular complexity index is 1260. The smallest absolute Gasteiger partial charge is 0.121 e. The molecule has 0 bridgehead atoms. The minimum Gasteiger partial charge on any atom is -0.489 e. The molecule has 0 N–H and O–H groups in total. The van der Waals surface area contributed by atoms with E-state index in [2.05, 4.69) is 77.2 Å². The van der Waals surface area contributed by atoms with Gasteiger partial charge in [0.05, 0.1) is 5.92 Å². The fourth-order valence-corrected chi connectivity index (χ4v) is 5.96. The van der Waals surface area contributed by atoms with Crippen molar-refractivity contribution < 1.29 is 9.53 Å². The summed E-state index contributed by atoms with van der Waals surface area (Å²) in [6.45, 7) is 6.76. The molecular formula is C33H36N2O2. The van der Waals surface area contributed by atoms with E-state index in [0.717, 1.165) is 49.3 Å². The number of hydrogen-bond acceptors (Lipinski definition) is 4. The Morgan fingerprint density at radius 1 is 0.973 bits per heavy atom. The van der Waals surface area contributed by atoms with E-state index in [0.29, 0.717) is 18.4 Å². The highest BCUT2D eigenvalue weighted by Gasteiger charge is 2.43. The van der Waals surface area contributed by atoms with Crippen LogP contribution in [0, 0.1) is 11.8 Å². The first kappa shape index (κ1) is 25.1. The van der Waals surface area contributed by atoms with Crippen LogP contribution in [0.4, 0.5) is 5.69 Å². The second-order valence-corrected chi connectivity index (χ2v) is 10.5. The molecule has 3 aromatic rings. The number of carbonyl (C=O) groups is 1. The summed E-state index contributed by atoms with van der Waals surface area (Å²) in [5.41, 5.74) is 6.84. The van der Waals surface area contributed by atoms with Crippen LogP contribution >= 0.6 is 0 Å². The molecule has 1 fully saturated rings. The largest absolute Gasteiger partial charge is 0.489 e.